The Morgan fingerprint density at radius 3 is 2.70 bits per heavy atom. The van der Waals surface area contributed by atoms with Gasteiger partial charge in [-0.2, -0.15) is 0 Å². The maximum Gasteiger partial charge on any atom is 0.0637 e. The van der Waals surface area contributed by atoms with Gasteiger partial charge < -0.3 is 15.4 Å². The van der Waals surface area contributed by atoms with Gasteiger partial charge in [0, 0.05) is 25.7 Å². The maximum absolute atomic E-state index is 6.02. The Bertz CT molecular complexity index is 403. The van der Waals surface area contributed by atoms with Crippen LogP contribution in [0.1, 0.15) is 44.8 Å². The van der Waals surface area contributed by atoms with Crippen LogP contribution in [-0.2, 0) is 4.74 Å². The molecule has 0 spiro atoms. The highest BCUT2D eigenvalue weighted by Crippen LogP contribution is 2.36. The van der Waals surface area contributed by atoms with E-state index in [-0.39, 0.29) is 6.04 Å². The van der Waals surface area contributed by atoms with Crippen molar-refractivity contribution in [1.29, 1.82) is 0 Å². The Hall–Kier alpha value is -1.13. The summed E-state index contributed by atoms with van der Waals surface area (Å²) in [7, 11) is 1.75. The van der Waals surface area contributed by atoms with Gasteiger partial charge in [0.1, 0.15) is 0 Å². The third-order valence-corrected chi connectivity index (χ3v) is 4.25. The minimum atomic E-state index is 0.0392. The Morgan fingerprint density at radius 2 is 2.20 bits per heavy atom. The molecule has 0 radical (unpaired) electrons. The standard InChI is InChI=1S/C16H27N3O/c1-4-15(17)16-8-7-14(11-18-16)19(9-10-20-3)12(2)13-5-6-13/h7-8,11-13,15H,4-6,9-10,17H2,1-3H3/t12?,15-/m1/s1. The summed E-state index contributed by atoms with van der Waals surface area (Å²) in [6, 6.07) is 4.80. The van der Waals surface area contributed by atoms with Crippen LogP contribution < -0.4 is 10.6 Å². The van der Waals surface area contributed by atoms with Gasteiger partial charge in [-0.05, 0) is 44.2 Å². The van der Waals surface area contributed by atoms with Crippen molar-refractivity contribution in [2.75, 3.05) is 25.2 Å². The Balaban J connectivity index is 2.10. The largest absolute Gasteiger partial charge is 0.383 e. The van der Waals surface area contributed by atoms with Crippen molar-refractivity contribution in [3.8, 4) is 0 Å². The Kier molecular flexibility index (Phi) is 5.38. The smallest absolute Gasteiger partial charge is 0.0637 e. The van der Waals surface area contributed by atoms with Crippen molar-refractivity contribution in [3.05, 3.63) is 24.0 Å². The van der Waals surface area contributed by atoms with Crippen LogP contribution in [0.2, 0.25) is 0 Å². The van der Waals surface area contributed by atoms with E-state index in [2.05, 4.69) is 35.9 Å². The third kappa shape index (κ3) is 3.70. The van der Waals surface area contributed by atoms with Crippen LogP contribution in [0.4, 0.5) is 5.69 Å². The number of hydrogen-bond acceptors (Lipinski definition) is 4. The summed E-state index contributed by atoms with van der Waals surface area (Å²) in [5, 5.41) is 0. The number of hydrogen-bond donors (Lipinski definition) is 1. The highest BCUT2D eigenvalue weighted by Gasteiger charge is 2.32. The average Bonchev–Trinajstić information content (AvgIpc) is 3.32. The topological polar surface area (TPSA) is 51.4 Å². The minimum absolute atomic E-state index is 0.0392. The van der Waals surface area contributed by atoms with Gasteiger partial charge in [0.05, 0.1) is 24.2 Å². The lowest BCUT2D eigenvalue weighted by Crippen LogP contribution is -2.37. The van der Waals surface area contributed by atoms with Gasteiger partial charge in [0.25, 0.3) is 0 Å². The van der Waals surface area contributed by atoms with E-state index in [0.29, 0.717) is 6.04 Å². The lowest BCUT2D eigenvalue weighted by atomic mass is 10.1. The Morgan fingerprint density at radius 1 is 1.45 bits per heavy atom. The van der Waals surface area contributed by atoms with E-state index in [1.807, 2.05) is 6.20 Å². The molecular formula is C16H27N3O. The molecule has 2 rings (SSSR count). The van der Waals surface area contributed by atoms with Gasteiger partial charge in [0.2, 0.25) is 0 Å². The molecule has 1 aromatic heterocycles. The van der Waals surface area contributed by atoms with E-state index in [1.54, 1.807) is 7.11 Å². The molecule has 112 valence electrons. The predicted octanol–water partition coefficient (Wildman–Crippen LogP) is 2.74. The molecule has 2 N–H and O–H groups in total. The van der Waals surface area contributed by atoms with Crippen LogP contribution in [0.25, 0.3) is 0 Å². The number of ether oxygens (including phenoxy) is 1. The van der Waals surface area contributed by atoms with Gasteiger partial charge in [0.15, 0.2) is 0 Å². The van der Waals surface area contributed by atoms with Gasteiger partial charge >= 0.3 is 0 Å². The highest BCUT2D eigenvalue weighted by atomic mass is 16.5. The van der Waals surface area contributed by atoms with E-state index < -0.39 is 0 Å². The van der Waals surface area contributed by atoms with Gasteiger partial charge in [-0.15, -0.1) is 0 Å². The zero-order valence-electron chi connectivity index (χ0n) is 12.9. The molecule has 0 saturated heterocycles. The molecule has 1 aliphatic carbocycles. The van der Waals surface area contributed by atoms with E-state index in [4.69, 9.17) is 10.5 Å². The van der Waals surface area contributed by atoms with Crippen LogP contribution in [0, 0.1) is 5.92 Å². The molecule has 1 saturated carbocycles. The fourth-order valence-corrected chi connectivity index (χ4v) is 2.59. The predicted molar refractivity (Wildman–Crippen MR) is 82.9 cm³/mol. The summed E-state index contributed by atoms with van der Waals surface area (Å²) < 4.78 is 5.24. The fourth-order valence-electron chi connectivity index (χ4n) is 2.59. The van der Waals surface area contributed by atoms with Crippen molar-refractivity contribution < 1.29 is 4.74 Å². The van der Waals surface area contributed by atoms with Crippen LogP contribution in [-0.4, -0.2) is 31.3 Å². The van der Waals surface area contributed by atoms with Crippen molar-refractivity contribution in [1.82, 2.24) is 4.98 Å². The molecule has 2 atom stereocenters. The lowest BCUT2D eigenvalue weighted by molar-refractivity contribution is 0.202. The molecule has 0 aromatic carbocycles. The van der Waals surface area contributed by atoms with Crippen LogP contribution in [0.3, 0.4) is 0 Å². The molecule has 0 bridgehead atoms. The van der Waals surface area contributed by atoms with Crippen molar-refractivity contribution in [2.45, 2.75) is 45.2 Å². The first-order chi connectivity index (χ1) is 9.67. The summed E-state index contributed by atoms with van der Waals surface area (Å²) in [5.74, 6) is 0.824. The number of aromatic nitrogens is 1. The van der Waals surface area contributed by atoms with E-state index in [0.717, 1.165) is 31.2 Å². The summed E-state index contributed by atoms with van der Waals surface area (Å²) in [4.78, 5) is 6.95. The monoisotopic (exact) mass is 277 g/mol. The van der Waals surface area contributed by atoms with Gasteiger partial charge in [-0.25, -0.2) is 0 Å². The zero-order chi connectivity index (χ0) is 14.5. The van der Waals surface area contributed by atoms with E-state index in [1.165, 1.54) is 18.5 Å². The lowest BCUT2D eigenvalue weighted by Gasteiger charge is -2.31. The summed E-state index contributed by atoms with van der Waals surface area (Å²) >= 11 is 0. The molecule has 0 amide bonds. The normalized spacial score (nSPS) is 17.8. The van der Waals surface area contributed by atoms with Gasteiger partial charge in [-0.1, -0.05) is 6.92 Å². The van der Waals surface area contributed by atoms with E-state index >= 15 is 0 Å². The first kappa shape index (κ1) is 15.3. The Labute approximate surface area is 122 Å². The average molecular weight is 277 g/mol. The first-order valence-corrected chi connectivity index (χ1v) is 7.64. The quantitative estimate of drug-likeness (QED) is 0.794. The second kappa shape index (κ2) is 7.04. The molecule has 4 nitrogen and oxygen atoms in total. The summed E-state index contributed by atoms with van der Waals surface area (Å²) in [6.45, 7) is 6.04. The molecule has 20 heavy (non-hydrogen) atoms. The van der Waals surface area contributed by atoms with Crippen LogP contribution in [0.15, 0.2) is 18.3 Å². The SMILES string of the molecule is CC[C@@H](N)c1ccc(N(CCOC)C(C)C2CC2)cn1. The minimum Gasteiger partial charge on any atom is -0.383 e. The third-order valence-electron chi connectivity index (χ3n) is 4.25. The molecular weight excluding hydrogens is 250 g/mol. The summed E-state index contributed by atoms with van der Waals surface area (Å²) in [5.41, 5.74) is 8.17. The molecule has 1 aliphatic rings. The molecule has 4 heteroatoms. The van der Waals surface area contributed by atoms with Crippen molar-refractivity contribution in [2.24, 2.45) is 11.7 Å². The number of anilines is 1. The van der Waals surface area contributed by atoms with Crippen LogP contribution in [0.5, 0.6) is 0 Å². The molecule has 1 heterocycles. The maximum atomic E-state index is 6.02. The fraction of sp³-hybridized carbons (Fsp3) is 0.688. The second-order valence-corrected chi connectivity index (χ2v) is 5.72. The number of nitrogens with zero attached hydrogens (tertiary/aromatic N) is 2. The van der Waals surface area contributed by atoms with Gasteiger partial charge in [-0.3, -0.25) is 4.98 Å². The molecule has 0 aliphatic heterocycles. The van der Waals surface area contributed by atoms with Crippen LogP contribution >= 0.6 is 0 Å². The first-order valence-electron chi connectivity index (χ1n) is 7.64. The van der Waals surface area contributed by atoms with Crippen molar-refractivity contribution >= 4 is 5.69 Å². The van der Waals surface area contributed by atoms with E-state index in [9.17, 15) is 0 Å². The molecule has 1 fully saturated rings. The molecule has 1 aromatic rings. The number of nitrogens with two attached hydrogens (primary N) is 1. The van der Waals surface area contributed by atoms with Crippen molar-refractivity contribution in [3.63, 3.8) is 0 Å². The number of pyridine rings is 1. The summed E-state index contributed by atoms with van der Waals surface area (Å²) in [6.07, 6.45) is 5.56. The zero-order valence-corrected chi connectivity index (χ0v) is 12.9. The highest BCUT2D eigenvalue weighted by molar-refractivity contribution is 5.46. The second-order valence-electron chi connectivity index (χ2n) is 5.72. The molecule has 1 unspecified atom stereocenters. The number of methoxy groups -OCH3 is 1. The number of rotatable bonds is 8.